The molecule has 0 aliphatic heterocycles. The van der Waals surface area contributed by atoms with E-state index in [-0.39, 0.29) is 0 Å². The van der Waals surface area contributed by atoms with Gasteiger partial charge in [-0.25, -0.2) is 4.98 Å². The van der Waals surface area contributed by atoms with Gasteiger partial charge in [0.2, 0.25) is 5.95 Å². The van der Waals surface area contributed by atoms with E-state index in [1.807, 2.05) is 0 Å². The van der Waals surface area contributed by atoms with Gasteiger partial charge in [0.1, 0.15) is 5.02 Å². The first-order valence-electron chi connectivity index (χ1n) is 7.73. The summed E-state index contributed by atoms with van der Waals surface area (Å²) in [5.74, 6) is 2.08. The van der Waals surface area contributed by atoms with Crippen LogP contribution < -0.4 is 10.6 Å². The Morgan fingerprint density at radius 1 is 1.30 bits per heavy atom. The molecule has 0 saturated heterocycles. The third-order valence-corrected chi connectivity index (χ3v) is 4.24. The SMILES string of the molecule is CCCNc1ncc(Cl)c(NC2CCCCCC2C)n1. The first-order valence-corrected chi connectivity index (χ1v) is 8.11. The Bertz CT molecular complexity index is 424. The zero-order valence-electron chi connectivity index (χ0n) is 12.5. The van der Waals surface area contributed by atoms with E-state index in [1.54, 1.807) is 6.20 Å². The van der Waals surface area contributed by atoms with E-state index < -0.39 is 0 Å². The average molecular weight is 297 g/mol. The Balaban J connectivity index is 2.06. The smallest absolute Gasteiger partial charge is 0.224 e. The van der Waals surface area contributed by atoms with Crippen LogP contribution in [0.25, 0.3) is 0 Å². The number of nitrogens with zero attached hydrogens (tertiary/aromatic N) is 2. The molecule has 1 aliphatic rings. The summed E-state index contributed by atoms with van der Waals surface area (Å²) in [7, 11) is 0. The van der Waals surface area contributed by atoms with Crippen molar-refractivity contribution in [2.45, 2.75) is 58.4 Å². The van der Waals surface area contributed by atoms with Gasteiger partial charge in [-0.15, -0.1) is 0 Å². The number of nitrogens with one attached hydrogen (secondary N) is 2. The third kappa shape index (κ3) is 4.23. The highest BCUT2D eigenvalue weighted by atomic mass is 35.5. The van der Waals surface area contributed by atoms with Gasteiger partial charge < -0.3 is 10.6 Å². The van der Waals surface area contributed by atoms with Crippen molar-refractivity contribution in [1.29, 1.82) is 0 Å². The van der Waals surface area contributed by atoms with Gasteiger partial charge >= 0.3 is 0 Å². The summed E-state index contributed by atoms with van der Waals surface area (Å²) in [4.78, 5) is 8.72. The monoisotopic (exact) mass is 296 g/mol. The van der Waals surface area contributed by atoms with Crippen LogP contribution in [-0.4, -0.2) is 22.6 Å². The van der Waals surface area contributed by atoms with Crippen molar-refractivity contribution >= 4 is 23.4 Å². The van der Waals surface area contributed by atoms with Gasteiger partial charge in [-0.3, -0.25) is 0 Å². The van der Waals surface area contributed by atoms with Gasteiger partial charge in [-0.1, -0.05) is 44.7 Å². The molecule has 1 aromatic heterocycles. The van der Waals surface area contributed by atoms with E-state index in [2.05, 4.69) is 34.4 Å². The van der Waals surface area contributed by atoms with Crippen LogP contribution in [0.15, 0.2) is 6.20 Å². The van der Waals surface area contributed by atoms with Gasteiger partial charge in [0, 0.05) is 12.6 Å². The fraction of sp³-hybridized carbons (Fsp3) is 0.733. The highest BCUT2D eigenvalue weighted by molar-refractivity contribution is 6.32. The fourth-order valence-corrected chi connectivity index (χ4v) is 2.82. The number of aromatic nitrogens is 2. The molecule has 1 heterocycles. The van der Waals surface area contributed by atoms with E-state index in [4.69, 9.17) is 11.6 Å². The molecule has 0 bridgehead atoms. The van der Waals surface area contributed by atoms with Crippen LogP contribution in [0.1, 0.15) is 52.4 Å². The van der Waals surface area contributed by atoms with Gasteiger partial charge in [-0.05, 0) is 25.2 Å². The predicted molar refractivity (Wildman–Crippen MR) is 85.5 cm³/mol. The van der Waals surface area contributed by atoms with Gasteiger partial charge in [-0.2, -0.15) is 4.98 Å². The zero-order chi connectivity index (χ0) is 14.4. The van der Waals surface area contributed by atoms with E-state index in [9.17, 15) is 0 Å². The molecule has 112 valence electrons. The Kier molecular flexibility index (Phi) is 5.89. The summed E-state index contributed by atoms with van der Waals surface area (Å²) in [5, 5.41) is 7.33. The highest BCUT2D eigenvalue weighted by Crippen LogP contribution is 2.28. The zero-order valence-corrected chi connectivity index (χ0v) is 13.2. The number of halogens is 1. The van der Waals surface area contributed by atoms with Crippen LogP contribution in [0.3, 0.4) is 0 Å². The van der Waals surface area contributed by atoms with Crippen LogP contribution in [-0.2, 0) is 0 Å². The second-order valence-corrected chi connectivity index (χ2v) is 6.09. The van der Waals surface area contributed by atoms with Gasteiger partial charge in [0.15, 0.2) is 5.82 Å². The Labute approximate surface area is 126 Å². The minimum Gasteiger partial charge on any atom is -0.366 e. The molecular formula is C15H25ClN4. The highest BCUT2D eigenvalue weighted by Gasteiger charge is 2.21. The molecule has 5 heteroatoms. The maximum absolute atomic E-state index is 6.22. The van der Waals surface area contributed by atoms with Crippen LogP contribution in [0.4, 0.5) is 11.8 Å². The lowest BCUT2D eigenvalue weighted by atomic mass is 9.97. The summed E-state index contributed by atoms with van der Waals surface area (Å²) < 4.78 is 0. The lowest BCUT2D eigenvalue weighted by Crippen LogP contribution is -2.27. The molecule has 1 saturated carbocycles. The van der Waals surface area contributed by atoms with Crippen LogP contribution in [0.5, 0.6) is 0 Å². The first-order chi connectivity index (χ1) is 9.70. The summed E-state index contributed by atoms with van der Waals surface area (Å²) in [5.41, 5.74) is 0. The Morgan fingerprint density at radius 2 is 2.10 bits per heavy atom. The summed E-state index contributed by atoms with van der Waals surface area (Å²) >= 11 is 6.22. The second-order valence-electron chi connectivity index (χ2n) is 5.68. The van der Waals surface area contributed by atoms with Gasteiger partial charge in [0.05, 0.1) is 6.20 Å². The average Bonchev–Trinajstić information content (AvgIpc) is 2.65. The van der Waals surface area contributed by atoms with Crippen molar-refractivity contribution < 1.29 is 0 Å². The Hall–Kier alpha value is -1.03. The number of hydrogen-bond acceptors (Lipinski definition) is 4. The first kappa shape index (κ1) is 15.4. The topological polar surface area (TPSA) is 49.8 Å². The molecule has 0 radical (unpaired) electrons. The van der Waals surface area contributed by atoms with E-state index in [1.165, 1.54) is 32.1 Å². The molecule has 20 heavy (non-hydrogen) atoms. The number of hydrogen-bond donors (Lipinski definition) is 2. The van der Waals surface area contributed by atoms with Crippen molar-refractivity contribution in [2.24, 2.45) is 5.92 Å². The molecule has 0 amide bonds. The van der Waals surface area contributed by atoms with Crippen LogP contribution in [0, 0.1) is 5.92 Å². The molecular weight excluding hydrogens is 272 g/mol. The molecule has 1 aromatic rings. The summed E-state index contributed by atoms with van der Waals surface area (Å²) in [6.45, 7) is 5.31. The van der Waals surface area contributed by atoms with Gasteiger partial charge in [0.25, 0.3) is 0 Å². The molecule has 0 aromatic carbocycles. The van der Waals surface area contributed by atoms with Crippen LogP contribution in [0.2, 0.25) is 5.02 Å². The fourth-order valence-electron chi connectivity index (χ4n) is 2.67. The standard InChI is InChI=1S/C15H25ClN4/c1-3-9-17-15-18-10-12(16)14(20-15)19-13-8-6-4-5-7-11(13)2/h10-11,13H,3-9H2,1-2H3,(H2,17,18,19,20). The van der Waals surface area contributed by atoms with Crippen molar-refractivity contribution in [3.63, 3.8) is 0 Å². The maximum atomic E-state index is 6.22. The molecule has 1 fully saturated rings. The number of rotatable bonds is 5. The lowest BCUT2D eigenvalue weighted by Gasteiger charge is -2.24. The maximum Gasteiger partial charge on any atom is 0.224 e. The third-order valence-electron chi connectivity index (χ3n) is 3.96. The van der Waals surface area contributed by atoms with Crippen molar-refractivity contribution in [3.8, 4) is 0 Å². The van der Waals surface area contributed by atoms with Crippen molar-refractivity contribution in [3.05, 3.63) is 11.2 Å². The molecule has 2 atom stereocenters. The minimum absolute atomic E-state index is 0.462. The Morgan fingerprint density at radius 3 is 2.90 bits per heavy atom. The second kappa shape index (κ2) is 7.67. The predicted octanol–water partition coefficient (Wildman–Crippen LogP) is 4.33. The van der Waals surface area contributed by atoms with E-state index in [0.717, 1.165) is 18.8 Å². The van der Waals surface area contributed by atoms with E-state index in [0.29, 0.717) is 22.9 Å². The van der Waals surface area contributed by atoms with E-state index >= 15 is 0 Å². The quantitative estimate of drug-likeness (QED) is 0.794. The van der Waals surface area contributed by atoms with Crippen LogP contribution >= 0.6 is 11.6 Å². The molecule has 2 rings (SSSR count). The summed E-state index contributed by atoms with van der Waals surface area (Å²) in [6.07, 6.45) is 9.15. The van der Waals surface area contributed by atoms with Crippen molar-refractivity contribution in [1.82, 2.24) is 9.97 Å². The molecule has 2 N–H and O–H groups in total. The number of anilines is 2. The van der Waals surface area contributed by atoms with Crippen molar-refractivity contribution in [2.75, 3.05) is 17.2 Å². The lowest BCUT2D eigenvalue weighted by molar-refractivity contribution is 0.455. The summed E-state index contributed by atoms with van der Waals surface area (Å²) in [6, 6.07) is 0.462. The normalized spacial score (nSPS) is 23.1. The molecule has 1 aliphatic carbocycles. The molecule has 0 spiro atoms. The largest absolute Gasteiger partial charge is 0.366 e. The molecule has 2 unspecified atom stereocenters. The molecule has 4 nitrogen and oxygen atoms in total. The minimum atomic E-state index is 0.462.